The van der Waals surface area contributed by atoms with Crippen LogP contribution in [0.3, 0.4) is 0 Å². The van der Waals surface area contributed by atoms with Crippen LogP contribution in [0.4, 0.5) is 5.95 Å². The Morgan fingerprint density at radius 3 is 2.74 bits per heavy atom. The molecule has 1 amide bonds. The van der Waals surface area contributed by atoms with Crippen LogP contribution >= 0.6 is 11.6 Å². The van der Waals surface area contributed by atoms with Crippen LogP contribution < -0.4 is 4.90 Å². The van der Waals surface area contributed by atoms with E-state index in [1.54, 1.807) is 0 Å². The highest BCUT2D eigenvalue weighted by Gasteiger charge is 2.29. The van der Waals surface area contributed by atoms with Crippen molar-refractivity contribution in [1.29, 1.82) is 0 Å². The van der Waals surface area contributed by atoms with E-state index in [4.69, 9.17) is 16.3 Å². The molecule has 0 aromatic carbocycles. The van der Waals surface area contributed by atoms with Gasteiger partial charge in [-0.15, -0.1) is 0 Å². The number of halogens is 1. The molecule has 0 bridgehead atoms. The number of morpholine rings is 1. The molecule has 0 unspecified atom stereocenters. The van der Waals surface area contributed by atoms with Gasteiger partial charge in [-0.05, 0) is 14.0 Å². The highest BCUT2D eigenvalue weighted by Crippen LogP contribution is 2.21. The number of aromatic nitrogens is 2. The number of piperazine rings is 1. The van der Waals surface area contributed by atoms with Gasteiger partial charge in [0.2, 0.25) is 5.95 Å². The van der Waals surface area contributed by atoms with Crippen molar-refractivity contribution in [3.05, 3.63) is 16.9 Å². The van der Waals surface area contributed by atoms with Crippen molar-refractivity contribution in [3.63, 3.8) is 0 Å². The van der Waals surface area contributed by atoms with Gasteiger partial charge in [-0.2, -0.15) is 0 Å². The van der Waals surface area contributed by atoms with Gasteiger partial charge in [0.25, 0.3) is 5.91 Å². The third-order valence-electron chi connectivity index (χ3n) is 4.32. The van der Waals surface area contributed by atoms with Gasteiger partial charge in [-0.1, -0.05) is 11.6 Å². The Bertz CT molecular complexity index is 579. The zero-order valence-electron chi connectivity index (χ0n) is 13.5. The van der Waals surface area contributed by atoms with E-state index in [0.29, 0.717) is 36.4 Å². The molecule has 1 atom stereocenters. The fraction of sp³-hybridized carbons (Fsp3) is 0.667. The summed E-state index contributed by atoms with van der Waals surface area (Å²) < 4.78 is 5.34. The van der Waals surface area contributed by atoms with Crippen molar-refractivity contribution in [1.82, 2.24) is 19.8 Å². The first-order valence-corrected chi connectivity index (χ1v) is 8.29. The van der Waals surface area contributed by atoms with Crippen LogP contribution in [-0.2, 0) is 4.74 Å². The van der Waals surface area contributed by atoms with Gasteiger partial charge in [0, 0.05) is 38.8 Å². The number of carbonyl (C=O) groups is 1. The van der Waals surface area contributed by atoms with Gasteiger partial charge in [0.15, 0.2) is 5.69 Å². The van der Waals surface area contributed by atoms with E-state index in [9.17, 15) is 4.79 Å². The molecule has 126 valence electrons. The fourth-order valence-corrected chi connectivity index (χ4v) is 3.17. The summed E-state index contributed by atoms with van der Waals surface area (Å²) >= 11 is 6.20. The summed E-state index contributed by atoms with van der Waals surface area (Å²) in [5.74, 6) is 0.426. The summed E-state index contributed by atoms with van der Waals surface area (Å²) in [6.07, 6.45) is 1.52. The Morgan fingerprint density at radius 2 is 2.04 bits per heavy atom. The molecule has 0 saturated carbocycles. The van der Waals surface area contributed by atoms with Gasteiger partial charge in [0.1, 0.15) is 0 Å². The second-order valence-electron chi connectivity index (χ2n) is 6.08. The standard InChI is InChI=1S/C15H22ClN5O2/c1-11-10-19(2)3-4-21(11)14(22)13-12(16)9-17-15(18-13)20-5-7-23-8-6-20/h9,11H,3-8,10H2,1-2H3/t11-/m1/s1. The van der Waals surface area contributed by atoms with Gasteiger partial charge < -0.3 is 19.4 Å². The maximum absolute atomic E-state index is 12.9. The monoisotopic (exact) mass is 339 g/mol. The molecule has 0 aliphatic carbocycles. The molecule has 2 fully saturated rings. The quantitative estimate of drug-likeness (QED) is 0.792. The predicted molar refractivity (Wildman–Crippen MR) is 88.1 cm³/mol. The molecular formula is C15H22ClN5O2. The summed E-state index contributed by atoms with van der Waals surface area (Å²) in [5, 5.41) is 0.304. The lowest BCUT2D eigenvalue weighted by atomic mass is 10.2. The molecule has 23 heavy (non-hydrogen) atoms. The van der Waals surface area contributed by atoms with Gasteiger partial charge in [0.05, 0.1) is 24.4 Å². The Balaban J connectivity index is 1.82. The van der Waals surface area contributed by atoms with Crippen molar-refractivity contribution < 1.29 is 9.53 Å². The number of rotatable bonds is 2. The van der Waals surface area contributed by atoms with Crippen LogP contribution in [0.1, 0.15) is 17.4 Å². The van der Waals surface area contributed by atoms with Crippen molar-refractivity contribution >= 4 is 23.5 Å². The molecule has 2 aliphatic rings. The van der Waals surface area contributed by atoms with E-state index in [0.717, 1.165) is 26.2 Å². The molecule has 8 heteroatoms. The molecule has 0 radical (unpaired) electrons. The minimum atomic E-state index is -0.118. The van der Waals surface area contributed by atoms with E-state index >= 15 is 0 Å². The summed E-state index contributed by atoms with van der Waals surface area (Å²) in [5.41, 5.74) is 0.291. The zero-order chi connectivity index (χ0) is 16.4. The number of likely N-dealkylation sites (N-methyl/N-ethyl adjacent to an activating group) is 1. The first kappa shape index (κ1) is 16.4. The average Bonchev–Trinajstić information content (AvgIpc) is 2.55. The van der Waals surface area contributed by atoms with E-state index in [1.807, 2.05) is 16.7 Å². The number of hydrogen-bond donors (Lipinski definition) is 0. The molecular weight excluding hydrogens is 318 g/mol. The van der Waals surface area contributed by atoms with Crippen molar-refractivity contribution in [2.75, 3.05) is 57.9 Å². The third kappa shape index (κ3) is 3.57. The number of ether oxygens (including phenoxy) is 1. The molecule has 2 saturated heterocycles. The lowest BCUT2D eigenvalue weighted by Crippen LogP contribution is -2.53. The molecule has 3 heterocycles. The normalized spacial score (nSPS) is 23.2. The number of hydrogen-bond acceptors (Lipinski definition) is 6. The second kappa shape index (κ2) is 6.98. The maximum atomic E-state index is 12.9. The minimum Gasteiger partial charge on any atom is -0.378 e. The molecule has 2 aliphatic heterocycles. The lowest BCUT2D eigenvalue weighted by Gasteiger charge is -2.38. The minimum absolute atomic E-state index is 0.118. The summed E-state index contributed by atoms with van der Waals surface area (Å²) in [6, 6.07) is 0.138. The maximum Gasteiger partial charge on any atom is 0.274 e. The Kier molecular flexibility index (Phi) is 4.99. The van der Waals surface area contributed by atoms with Gasteiger partial charge >= 0.3 is 0 Å². The molecule has 1 aromatic rings. The van der Waals surface area contributed by atoms with Crippen molar-refractivity contribution in [2.24, 2.45) is 0 Å². The van der Waals surface area contributed by atoms with Crippen molar-refractivity contribution in [3.8, 4) is 0 Å². The fourth-order valence-electron chi connectivity index (χ4n) is 3.00. The first-order valence-electron chi connectivity index (χ1n) is 7.91. The third-order valence-corrected chi connectivity index (χ3v) is 4.60. The predicted octanol–water partition coefficient (Wildman–Crippen LogP) is 0.743. The Labute approximate surface area is 141 Å². The Hall–Kier alpha value is -1.44. The van der Waals surface area contributed by atoms with E-state index in [-0.39, 0.29) is 11.9 Å². The summed E-state index contributed by atoms with van der Waals surface area (Å²) in [6.45, 7) is 7.17. The number of nitrogens with zero attached hydrogens (tertiary/aromatic N) is 5. The molecule has 7 nitrogen and oxygen atoms in total. The van der Waals surface area contributed by atoms with E-state index in [2.05, 4.69) is 21.9 Å². The topological polar surface area (TPSA) is 61.8 Å². The highest BCUT2D eigenvalue weighted by atomic mass is 35.5. The summed E-state index contributed by atoms with van der Waals surface area (Å²) in [7, 11) is 2.06. The van der Waals surface area contributed by atoms with Gasteiger partial charge in [-0.25, -0.2) is 9.97 Å². The number of carbonyl (C=O) groups excluding carboxylic acids is 1. The largest absolute Gasteiger partial charge is 0.378 e. The summed E-state index contributed by atoms with van der Waals surface area (Å²) in [4.78, 5) is 27.7. The molecule has 1 aromatic heterocycles. The number of anilines is 1. The van der Waals surface area contributed by atoms with Crippen LogP contribution in [0.15, 0.2) is 6.20 Å². The Morgan fingerprint density at radius 1 is 1.30 bits per heavy atom. The van der Waals surface area contributed by atoms with Crippen LogP contribution in [0.5, 0.6) is 0 Å². The van der Waals surface area contributed by atoms with Crippen LogP contribution in [-0.4, -0.2) is 84.7 Å². The zero-order valence-corrected chi connectivity index (χ0v) is 14.3. The van der Waals surface area contributed by atoms with E-state index in [1.165, 1.54) is 6.20 Å². The lowest BCUT2D eigenvalue weighted by molar-refractivity contribution is 0.0528. The van der Waals surface area contributed by atoms with Crippen LogP contribution in [0, 0.1) is 0 Å². The van der Waals surface area contributed by atoms with Crippen LogP contribution in [0.2, 0.25) is 5.02 Å². The van der Waals surface area contributed by atoms with E-state index < -0.39 is 0 Å². The average molecular weight is 340 g/mol. The molecule has 3 rings (SSSR count). The SMILES string of the molecule is C[C@@H]1CN(C)CCN1C(=O)c1nc(N2CCOCC2)ncc1Cl. The van der Waals surface area contributed by atoms with Crippen molar-refractivity contribution in [2.45, 2.75) is 13.0 Å². The van der Waals surface area contributed by atoms with Gasteiger partial charge in [-0.3, -0.25) is 4.79 Å². The highest BCUT2D eigenvalue weighted by molar-refractivity contribution is 6.33. The van der Waals surface area contributed by atoms with Crippen LogP contribution in [0.25, 0.3) is 0 Å². The first-order chi connectivity index (χ1) is 11.1. The smallest absolute Gasteiger partial charge is 0.274 e. The molecule has 0 spiro atoms. The molecule has 0 N–H and O–H groups in total. The number of amides is 1. The second-order valence-corrected chi connectivity index (χ2v) is 6.48.